The normalized spacial score (nSPS) is 11.1. The van der Waals surface area contributed by atoms with Gasteiger partial charge >= 0.3 is 0 Å². The van der Waals surface area contributed by atoms with Gasteiger partial charge in [0, 0.05) is 83.5 Å². The Kier molecular flexibility index (Phi) is 21.9. The molecule has 6 rings (SSSR count). The van der Waals surface area contributed by atoms with E-state index in [1.807, 2.05) is 27.7 Å². The van der Waals surface area contributed by atoms with Crippen LogP contribution in [0.3, 0.4) is 0 Å². The van der Waals surface area contributed by atoms with Crippen LogP contribution in [-0.4, -0.2) is 0 Å². The molecule has 384 valence electrons. The number of nitrogen functional groups attached to an aromatic ring is 6. The summed E-state index contributed by atoms with van der Waals surface area (Å²) in [6.07, 6.45) is 8.86. The van der Waals surface area contributed by atoms with Crippen molar-refractivity contribution in [2.75, 3.05) is 34.4 Å². The van der Waals surface area contributed by atoms with Gasteiger partial charge in [-0.2, -0.15) is 0 Å². The van der Waals surface area contributed by atoms with Crippen LogP contribution in [0.15, 0.2) is 36.4 Å². The quantitative estimate of drug-likeness (QED) is 0.0597. The molecule has 0 amide bonds. The molecule has 12 N–H and O–H groups in total. The second kappa shape index (κ2) is 26.2. The highest BCUT2D eigenvalue weighted by Crippen LogP contribution is 2.39. The van der Waals surface area contributed by atoms with E-state index >= 15 is 0 Å². The first-order valence-electron chi connectivity index (χ1n) is 24.9. The molecule has 0 heterocycles. The molecule has 6 aromatic carbocycles. The number of rotatable bonds is 14. The number of aryl methyl sites for hydroxylation is 6. The smallest absolute Gasteiger partial charge is 0.0493 e. The third-order valence-corrected chi connectivity index (χ3v) is 16.9. The first kappa shape index (κ1) is 59.4. The van der Waals surface area contributed by atoms with Crippen molar-refractivity contribution in [3.05, 3.63) is 167 Å². The van der Waals surface area contributed by atoms with Crippen LogP contribution in [0.25, 0.3) is 0 Å². The van der Waals surface area contributed by atoms with Gasteiger partial charge in [-0.3, -0.25) is 0 Å². The number of hydrogen-bond acceptors (Lipinski definition) is 6. The number of benzene rings is 6. The third kappa shape index (κ3) is 13.0. The van der Waals surface area contributed by atoms with Crippen LogP contribution in [0.2, 0.25) is 30.1 Å². The van der Waals surface area contributed by atoms with Crippen molar-refractivity contribution in [3.63, 3.8) is 0 Å². The molecule has 6 aromatic rings. The molecule has 0 atom stereocenters. The Labute approximate surface area is 455 Å². The number of halogens is 6. The molecule has 0 saturated carbocycles. The van der Waals surface area contributed by atoms with E-state index in [1.165, 1.54) is 0 Å². The Morgan fingerprint density at radius 1 is 0.268 bits per heavy atom. The minimum atomic E-state index is 0.680. The summed E-state index contributed by atoms with van der Waals surface area (Å²) in [5.41, 5.74) is 61.0. The monoisotopic (exact) mass is 1080 g/mol. The van der Waals surface area contributed by atoms with Gasteiger partial charge in [0.1, 0.15) is 0 Å². The second-order valence-electron chi connectivity index (χ2n) is 18.4. The van der Waals surface area contributed by atoms with Crippen molar-refractivity contribution >= 4 is 104 Å². The van der Waals surface area contributed by atoms with Gasteiger partial charge in [-0.25, -0.2) is 0 Å². The minimum Gasteiger partial charge on any atom is -0.398 e. The Morgan fingerprint density at radius 3 is 0.718 bits per heavy atom. The van der Waals surface area contributed by atoms with Gasteiger partial charge in [-0.1, -0.05) is 161 Å². The topological polar surface area (TPSA) is 156 Å². The van der Waals surface area contributed by atoms with E-state index in [4.69, 9.17) is 104 Å². The summed E-state index contributed by atoms with van der Waals surface area (Å²) in [5.74, 6) is 0. The fourth-order valence-electron chi connectivity index (χ4n) is 9.46. The molecule has 0 aromatic heterocycles. The van der Waals surface area contributed by atoms with E-state index < -0.39 is 0 Å². The van der Waals surface area contributed by atoms with Crippen molar-refractivity contribution in [2.24, 2.45) is 0 Å². The van der Waals surface area contributed by atoms with E-state index in [0.717, 1.165) is 216 Å². The Bertz CT molecular complexity index is 2710. The molecular weight excluding hydrogens is 1010 g/mol. The molecular formula is C59H76Cl6N6. The average molecular weight is 1080 g/mol. The van der Waals surface area contributed by atoms with Crippen LogP contribution in [0, 0.1) is 27.7 Å². The summed E-state index contributed by atoms with van der Waals surface area (Å²) in [5, 5.41) is 4.48. The number of hydrogen-bond donors (Lipinski definition) is 6. The van der Waals surface area contributed by atoms with Gasteiger partial charge in [0.05, 0.1) is 0 Å². The number of nitrogens with two attached hydrogens (primary N) is 6. The summed E-state index contributed by atoms with van der Waals surface area (Å²) in [6, 6.07) is 12.6. The maximum Gasteiger partial charge on any atom is 0.0493 e. The lowest BCUT2D eigenvalue weighted by Crippen LogP contribution is -2.06. The SMILES string of the molecule is CCc1c(N)c(C)cc(Cc2cc(C)c(N)c(CC)c2Cl)c1Cl.CCc1cc(Cc2cc(CC)c(N)c(C)c2Cl)c(Cl)c(C)c1N.CCc1cc(Cc2cc(CC)c(N)c(CC)c2Cl)c(Cl)c(CC)c1N. The fourth-order valence-corrected chi connectivity index (χ4v) is 11.3. The predicted molar refractivity (Wildman–Crippen MR) is 318 cm³/mol. The van der Waals surface area contributed by atoms with Crippen LogP contribution >= 0.6 is 69.6 Å². The molecule has 6 nitrogen and oxygen atoms in total. The first-order chi connectivity index (χ1) is 33.5. The Hall–Kier alpha value is -4.14. The zero-order valence-corrected chi connectivity index (χ0v) is 48.5. The lowest BCUT2D eigenvalue weighted by Gasteiger charge is -2.18. The zero-order valence-electron chi connectivity index (χ0n) is 44.0. The van der Waals surface area contributed by atoms with Crippen molar-refractivity contribution < 1.29 is 0 Å². The van der Waals surface area contributed by atoms with Crippen molar-refractivity contribution in [1.82, 2.24) is 0 Å². The summed E-state index contributed by atoms with van der Waals surface area (Å²) in [7, 11) is 0. The van der Waals surface area contributed by atoms with Crippen molar-refractivity contribution in [2.45, 2.75) is 154 Å². The van der Waals surface area contributed by atoms with Gasteiger partial charge in [0.15, 0.2) is 0 Å². The molecule has 0 spiro atoms. The maximum atomic E-state index is 6.68. The molecule has 0 saturated heterocycles. The van der Waals surface area contributed by atoms with Gasteiger partial charge in [-0.05, 0) is 179 Å². The highest BCUT2D eigenvalue weighted by molar-refractivity contribution is 6.35. The van der Waals surface area contributed by atoms with Crippen LogP contribution in [-0.2, 0) is 70.6 Å². The largest absolute Gasteiger partial charge is 0.398 e. The van der Waals surface area contributed by atoms with E-state index in [2.05, 4.69) is 91.8 Å². The van der Waals surface area contributed by atoms with E-state index in [9.17, 15) is 0 Å². The van der Waals surface area contributed by atoms with E-state index in [1.54, 1.807) is 0 Å². The molecule has 0 radical (unpaired) electrons. The van der Waals surface area contributed by atoms with Crippen LogP contribution in [0.4, 0.5) is 34.1 Å². The third-order valence-electron chi connectivity index (χ3n) is 14.0. The molecule has 71 heavy (non-hydrogen) atoms. The summed E-state index contributed by atoms with van der Waals surface area (Å²) in [6.45, 7) is 24.7. The van der Waals surface area contributed by atoms with Gasteiger partial charge in [0.2, 0.25) is 0 Å². The molecule has 0 aliphatic rings. The first-order valence-corrected chi connectivity index (χ1v) is 27.2. The fraction of sp³-hybridized carbons (Fsp3) is 0.390. The molecule has 0 fully saturated rings. The maximum absolute atomic E-state index is 6.68. The van der Waals surface area contributed by atoms with Crippen LogP contribution in [0.5, 0.6) is 0 Å². The molecule has 0 aliphatic carbocycles. The van der Waals surface area contributed by atoms with E-state index in [0.29, 0.717) is 19.3 Å². The summed E-state index contributed by atoms with van der Waals surface area (Å²) in [4.78, 5) is 0. The highest BCUT2D eigenvalue weighted by atomic mass is 35.5. The van der Waals surface area contributed by atoms with Gasteiger partial charge in [-0.15, -0.1) is 0 Å². The Morgan fingerprint density at radius 2 is 0.479 bits per heavy atom. The van der Waals surface area contributed by atoms with E-state index in [-0.39, 0.29) is 0 Å². The van der Waals surface area contributed by atoms with Crippen molar-refractivity contribution in [1.29, 1.82) is 0 Å². The summed E-state index contributed by atoms with van der Waals surface area (Å²) >= 11 is 39.6. The molecule has 0 unspecified atom stereocenters. The average Bonchev–Trinajstić information content (AvgIpc) is 3.35. The molecule has 12 heteroatoms. The minimum absolute atomic E-state index is 0.680. The lowest BCUT2D eigenvalue weighted by molar-refractivity contribution is 1.04. The second-order valence-corrected chi connectivity index (χ2v) is 20.6. The van der Waals surface area contributed by atoms with Crippen LogP contribution in [0.1, 0.15) is 156 Å². The summed E-state index contributed by atoms with van der Waals surface area (Å²) < 4.78 is 0. The molecule has 0 bridgehead atoms. The van der Waals surface area contributed by atoms with Crippen LogP contribution < -0.4 is 34.4 Å². The Balaban J connectivity index is 0.000000232. The highest BCUT2D eigenvalue weighted by Gasteiger charge is 2.20. The predicted octanol–water partition coefficient (Wildman–Crippen LogP) is 17.0. The zero-order chi connectivity index (χ0) is 53.3. The van der Waals surface area contributed by atoms with Gasteiger partial charge in [0.25, 0.3) is 0 Å². The molecule has 0 aliphatic heterocycles. The number of anilines is 6. The van der Waals surface area contributed by atoms with Crippen molar-refractivity contribution in [3.8, 4) is 0 Å². The van der Waals surface area contributed by atoms with Gasteiger partial charge < -0.3 is 34.4 Å². The lowest BCUT2D eigenvalue weighted by atomic mass is 9.92. The standard InChI is InChI=1S/C21H28Cl2N2.2C19H24Cl2N2/c1-5-12-9-14(18(22)16(7-3)20(12)24)11-15-10-13(6-2)21(25)17(8-4)19(15)23;1-5-12-7-14(16(20)10(3)18(12)22)9-15-8-13(6-2)19(23)11(4)17(15)21;1-5-14-16(20)12(7-10(3)18(14)22)9-13-8-11(4)19(23)15(6-2)17(13)21/h9-10H,5-8,11,24-25H2,1-4H3;2*7-8H,5-6,9,22-23H2,1-4H3.